The summed E-state index contributed by atoms with van der Waals surface area (Å²) in [4.78, 5) is 21.9. The van der Waals surface area contributed by atoms with Crippen molar-refractivity contribution in [3.8, 4) is 0 Å². The Labute approximate surface area is 105 Å². The molecule has 1 aromatic rings. The van der Waals surface area contributed by atoms with E-state index in [0.717, 1.165) is 25.2 Å². The Morgan fingerprint density at radius 3 is 3.12 bits per heavy atom. The maximum absolute atomic E-state index is 11.6. The summed E-state index contributed by atoms with van der Waals surface area (Å²) in [7, 11) is 1.67. The molecule has 0 aromatic carbocycles. The summed E-state index contributed by atoms with van der Waals surface area (Å²) in [5.41, 5.74) is 0. The van der Waals surface area contributed by atoms with Gasteiger partial charge in [0.25, 0.3) is 0 Å². The van der Waals surface area contributed by atoms with Gasteiger partial charge in [0.05, 0.1) is 18.3 Å². The summed E-state index contributed by atoms with van der Waals surface area (Å²) in [5.74, 6) is 0.852. The molecule has 0 radical (unpaired) electrons. The van der Waals surface area contributed by atoms with Crippen LogP contribution in [0.2, 0.25) is 5.15 Å². The van der Waals surface area contributed by atoms with Gasteiger partial charge in [-0.2, -0.15) is 0 Å². The number of hydrogen-bond donors (Lipinski definition) is 1. The molecule has 0 spiro atoms. The Morgan fingerprint density at radius 1 is 1.59 bits per heavy atom. The number of amides is 1. The quantitative estimate of drug-likeness (QED) is 0.859. The van der Waals surface area contributed by atoms with Crippen LogP contribution in [0.3, 0.4) is 0 Å². The predicted octanol–water partition coefficient (Wildman–Crippen LogP) is 1.09. The summed E-state index contributed by atoms with van der Waals surface area (Å²) >= 11 is 5.81. The lowest BCUT2D eigenvalue weighted by molar-refractivity contribution is -0.124. The highest BCUT2D eigenvalue weighted by molar-refractivity contribution is 6.29. The van der Waals surface area contributed by atoms with Gasteiger partial charge < -0.3 is 10.2 Å². The number of nitrogens with zero attached hydrogens (tertiary/aromatic N) is 3. The Bertz CT molecular complexity index is 412. The summed E-state index contributed by atoms with van der Waals surface area (Å²) in [5, 5.41) is 3.07. The molecule has 17 heavy (non-hydrogen) atoms. The van der Waals surface area contributed by atoms with Crippen LogP contribution in [0.1, 0.15) is 12.8 Å². The number of hydrogen-bond acceptors (Lipinski definition) is 4. The summed E-state index contributed by atoms with van der Waals surface area (Å²) in [6.07, 6.45) is 5.08. The van der Waals surface area contributed by atoms with E-state index in [1.807, 2.05) is 0 Å². The number of nitrogens with one attached hydrogen (secondary N) is 1. The molecule has 5 nitrogen and oxygen atoms in total. The van der Waals surface area contributed by atoms with Gasteiger partial charge in [0.15, 0.2) is 0 Å². The fourth-order valence-electron chi connectivity index (χ4n) is 2.09. The number of rotatable bonds is 2. The van der Waals surface area contributed by atoms with Gasteiger partial charge in [-0.15, -0.1) is 0 Å². The van der Waals surface area contributed by atoms with Crippen molar-refractivity contribution in [3.05, 3.63) is 17.5 Å². The van der Waals surface area contributed by atoms with Crippen molar-refractivity contribution in [2.75, 3.05) is 25.0 Å². The van der Waals surface area contributed by atoms with E-state index in [2.05, 4.69) is 20.2 Å². The van der Waals surface area contributed by atoms with E-state index in [1.165, 1.54) is 6.20 Å². The highest BCUT2D eigenvalue weighted by atomic mass is 35.5. The van der Waals surface area contributed by atoms with Crippen LogP contribution in [0.15, 0.2) is 12.4 Å². The highest BCUT2D eigenvalue weighted by Gasteiger charge is 2.25. The molecule has 1 amide bonds. The third kappa shape index (κ3) is 2.85. The smallest absolute Gasteiger partial charge is 0.224 e. The number of halogens is 1. The Morgan fingerprint density at radius 2 is 2.41 bits per heavy atom. The first-order chi connectivity index (χ1) is 8.20. The molecule has 1 aromatic heterocycles. The second kappa shape index (κ2) is 5.31. The lowest BCUT2D eigenvalue weighted by atomic mass is 9.97. The molecule has 1 atom stereocenters. The Hall–Kier alpha value is -1.36. The molecular weight excluding hydrogens is 240 g/mol. The lowest BCUT2D eigenvalue weighted by Gasteiger charge is -2.32. The molecule has 0 aliphatic carbocycles. The fourth-order valence-corrected chi connectivity index (χ4v) is 2.23. The van der Waals surface area contributed by atoms with E-state index in [-0.39, 0.29) is 11.8 Å². The van der Waals surface area contributed by atoms with Gasteiger partial charge in [0.2, 0.25) is 5.91 Å². The van der Waals surface area contributed by atoms with Gasteiger partial charge in [-0.05, 0) is 12.8 Å². The highest BCUT2D eigenvalue weighted by Crippen LogP contribution is 2.22. The minimum Gasteiger partial charge on any atom is -0.359 e. The topological polar surface area (TPSA) is 58.1 Å². The second-order valence-corrected chi connectivity index (χ2v) is 4.49. The molecule has 1 N–H and O–H groups in total. The van der Waals surface area contributed by atoms with Gasteiger partial charge in [0.1, 0.15) is 11.0 Å². The molecule has 0 bridgehead atoms. The van der Waals surface area contributed by atoms with E-state index in [4.69, 9.17) is 11.6 Å². The third-order valence-corrected chi connectivity index (χ3v) is 3.14. The van der Waals surface area contributed by atoms with Crippen molar-refractivity contribution in [1.82, 2.24) is 15.3 Å². The summed E-state index contributed by atoms with van der Waals surface area (Å²) in [6.45, 7) is 1.57. The van der Waals surface area contributed by atoms with Gasteiger partial charge >= 0.3 is 0 Å². The number of carbonyl (C=O) groups excluding carboxylic acids is 1. The zero-order chi connectivity index (χ0) is 12.3. The zero-order valence-corrected chi connectivity index (χ0v) is 10.4. The van der Waals surface area contributed by atoms with Crippen LogP contribution in [0.4, 0.5) is 5.82 Å². The van der Waals surface area contributed by atoms with E-state index in [9.17, 15) is 4.79 Å². The van der Waals surface area contributed by atoms with Crippen molar-refractivity contribution in [1.29, 1.82) is 0 Å². The molecule has 1 saturated heterocycles. The average molecular weight is 255 g/mol. The van der Waals surface area contributed by atoms with Crippen molar-refractivity contribution < 1.29 is 4.79 Å². The Kier molecular flexibility index (Phi) is 3.78. The van der Waals surface area contributed by atoms with E-state index >= 15 is 0 Å². The molecule has 92 valence electrons. The largest absolute Gasteiger partial charge is 0.359 e. The maximum atomic E-state index is 11.6. The first-order valence-electron chi connectivity index (χ1n) is 5.65. The van der Waals surface area contributed by atoms with Crippen molar-refractivity contribution in [2.24, 2.45) is 5.92 Å². The van der Waals surface area contributed by atoms with Crippen LogP contribution in [0, 0.1) is 5.92 Å². The molecule has 1 fully saturated rings. The normalized spacial score (nSPS) is 20.1. The molecule has 0 saturated carbocycles. The lowest BCUT2D eigenvalue weighted by Crippen LogP contribution is -2.42. The van der Waals surface area contributed by atoms with Crippen molar-refractivity contribution in [3.63, 3.8) is 0 Å². The summed E-state index contributed by atoms with van der Waals surface area (Å²) in [6, 6.07) is 0. The van der Waals surface area contributed by atoms with Crippen molar-refractivity contribution >= 4 is 23.3 Å². The fraction of sp³-hybridized carbons (Fsp3) is 0.545. The van der Waals surface area contributed by atoms with Crippen LogP contribution in [0.5, 0.6) is 0 Å². The molecule has 2 rings (SSSR count). The van der Waals surface area contributed by atoms with Gasteiger partial charge in [-0.25, -0.2) is 4.98 Å². The Balaban J connectivity index is 2.09. The average Bonchev–Trinajstić information content (AvgIpc) is 2.38. The molecule has 2 heterocycles. The van der Waals surface area contributed by atoms with Crippen LogP contribution in [-0.2, 0) is 4.79 Å². The minimum atomic E-state index is 0.0227. The molecule has 6 heteroatoms. The predicted molar refractivity (Wildman–Crippen MR) is 66.0 cm³/mol. The molecular formula is C11H15ClN4O. The van der Waals surface area contributed by atoms with Gasteiger partial charge in [-0.3, -0.25) is 9.78 Å². The van der Waals surface area contributed by atoms with Crippen LogP contribution >= 0.6 is 11.6 Å². The minimum absolute atomic E-state index is 0.0227. The molecule has 1 aliphatic rings. The van der Waals surface area contributed by atoms with Gasteiger partial charge in [-0.1, -0.05) is 11.6 Å². The van der Waals surface area contributed by atoms with Crippen LogP contribution in [-0.4, -0.2) is 36.0 Å². The first-order valence-corrected chi connectivity index (χ1v) is 6.02. The number of aromatic nitrogens is 2. The summed E-state index contributed by atoms with van der Waals surface area (Å²) < 4.78 is 0. The molecule has 0 unspecified atom stereocenters. The van der Waals surface area contributed by atoms with Gasteiger partial charge in [0, 0.05) is 20.1 Å². The zero-order valence-electron chi connectivity index (χ0n) is 9.69. The van der Waals surface area contributed by atoms with E-state index in [1.54, 1.807) is 13.2 Å². The van der Waals surface area contributed by atoms with Crippen molar-refractivity contribution in [2.45, 2.75) is 12.8 Å². The van der Waals surface area contributed by atoms with E-state index < -0.39 is 0 Å². The van der Waals surface area contributed by atoms with E-state index in [0.29, 0.717) is 11.7 Å². The maximum Gasteiger partial charge on any atom is 0.224 e. The SMILES string of the molecule is CNC(=O)[C@@H]1CCCN(c2cncc(Cl)n2)C1. The first kappa shape index (κ1) is 12.1. The number of piperidine rings is 1. The second-order valence-electron chi connectivity index (χ2n) is 4.10. The molecule has 1 aliphatic heterocycles. The monoisotopic (exact) mass is 254 g/mol. The van der Waals surface area contributed by atoms with Crippen LogP contribution < -0.4 is 10.2 Å². The van der Waals surface area contributed by atoms with Crippen LogP contribution in [0.25, 0.3) is 0 Å². The number of carbonyl (C=O) groups is 1. The number of anilines is 1. The third-order valence-electron chi connectivity index (χ3n) is 2.96. The standard InChI is InChI=1S/C11H15ClN4O/c1-13-11(17)8-3-2-4-16(7-8)10-6-14-5-9(12)15-10/h5-6,8H,2-4,7H2,1H3,(H,13,17)/t8-/m1/s1.